The van der Waals surface area contributed by atoms with Crippen LogP contribution >= 0.6 is 0 Å². The fourth-order valence-electron chi connectivity index (χ4n) is 1.38. The van der Waals surface area contributed by atoms with Crippen LogP contribution in [0.15, 0.2) is 53.6 Å². The van der Waals surface area contributed by atoms with Gasteiger partial charge in [-0.3, -0.25) is 0 Å². The standard InChI is InChI=1S/C12H10FNO2/c13-11(5-6-15)9-1-3-10(4-2-9)12-7-14-8-16-12/h1-8,11,15H/b6-5-. The number of benzene rings is 1. The minimum Gasteiger partial charge on any atom is -0.516 e. The number of rotatable bonds is 3. The second kappa shape index (κ2) is 4.61. The lowest BCUT2D eigenvalue weighted by molar-refractivity contribution is 0.396. The summed E-state index contributed by atoms with van der Waals surface area (Å²) in [6.45, 7) is 0. The van der Waals surface area contributed by atoms with Gasteiger partial charge in [-0.25, -0.2) is 9.37 Å². The highest BCUT2D eigenvalue weighted by Crippen LogP contribution is 2.23. The number of oxazole rings is 1. The highest BCUT2D eigenvalue weighted by molar-refractivity contribution is 5.56. The van der Waals surface area contributed by atoms with Crippen molar-refractivity contribution in [2.45, 2.75) is 6.17 Å². The predicted molar refractivity (Wildman–Crippen MR) is 57.6 cm³/mol. The summed E-state index contributed by atoms with van der Waals surface area (Å²) >= 11 is 0. The van der Waals surface area contributed by atoms with E-state index in [2.05, 4.69) is 4.98 Å². The molecular weight excluding hydrogens is 209 g/mol. The summed E-state index contributed by atoms with van der Waals surface area (Å²) in [4.78, 5) is 3.80. The number of hydrogen-bond donors (Lipinski definition) is 1. The Bertz CT molecular complexity index is 462. The average molecular weight is 219 g/mol. The maximum Gasteiger partial charge on any atom is 0.181 e. The number of hydrogen-bond acceptors (Lipinski definition) is 3. The molecule has 0 aliphatic rings. The van der Waals surface area contributed by atoms with Crippen LogP contribution in [0.25, 0.3) is 11.3 Å². The average Bonchev–Trinajstić information content (AvgIpc) is 2.83. The highest BCUT2D eigenvalue weighted by atomic mass is 19.1. The van der Waals surface area contributed by atoms with Crippen molar-refractivity contribution in [3.8, 4) is 11.3 Å². The van der Waals surface area contributed by atoms with Crippen molar-refractivity contribution >= 4 is 0 Å². The Balaban J connectivity index is 2.23. The molecule has 4 heteroatoms. The normalized spacial score (nSPS) is 13.1. The van der Waals surface area contributed by atoms with Crippen LogP contribution in [0.4, 0.5) is 4.39 Å². The maximum absolute atomic E-state index is 13.3. The molecule has 1 atom stereocenters. The summed E-state index contributed by atoms with van der Waals surface area (Å²) in [7, 11) is 0. The van der Waals surface area contributed by atoms with Crippen LogP contribution in [0.3, 0.4) is 0 Å². The zero-order chi connectivity index (χ0) is 11.4. The van der Waals surface area contributed by atoms with E-state index in [0.717, 1.165) is 11.6 Å². The van der Waals surface area contributed by atoms with Gasteiger partial charge in [-0.15, -0.1) is 0 Å². The number of alkyl halides is 1. The third kappa shape index (κ3) is 2.11. The molecule has 1 unspecified atom stereocenters. The Morgan fingerprint density at radius 3 is 2.62 bits per heavy atom. The smallest absolute Gasteiger partial charge is 0.181 e. The largest absolute Gasteiger partial charge is 0.516 e. The Morgan fingerprint density at radius 1 is 1.31 bits per heavy atom. The van der Waals surface area contributed by atoms with Gasteiger partial charge in [0.25, 0.3) is 0 Å². The third-order valence-electron chi connectivity index (χ3n) is 2.20. The van der Waals surface area contributed by atoms with Gasteiger partial charge in [0.05, 0.1) is 12.5 Å². The molecule has 0 fully saturated rings. The first kappa shape index (κ1) is 10.4. The first-order chi connectivity index (χ1) is 7.81. The number of aliphatic hydroxyl groups excluding tert-OH is 1. The van der Waals surface area contributed by atoms with Gasteiger partial charge in [0, 0.05) is 5.56 Å². The van der Waals surface area contributed by atoms with Gasteiger partial charge in [-0.2, -0.15) is 0 Å². The summed E-state index contributed by atoms with van der Waals surface area (Å²) < 4.78 is 18.4. The van der Waals surface area contributed by atoms with Crippen molar-refractivity contribution in [2.24, 2.45) is 0 Å². The Morgan fingerprint density at radius 2 is 2.06 bits per heavy atom. The fourth-order valence-corrected chi connectivity index (χ4v) is 1.38. The van der Waals surface area contributed by atoms with Crippen LogP contribution in [-0.2, 0) is 0 Å². The molecule has 0 amide bonds. The first-order valence-electron chi connectivity index (χ1n) is 4.75. The van der Waals surface area contributed by atoms with E-state index in [4.69, 9.17) is 9.52 Å². The quantitative estimate of drug-likeness (QED) is 0.804. The first-order valence-corrected chi connectivity index (χ1v) is 4.75. The number of nitrogens with zero attached hydrogens (tertiary/aromatic N) is 1. The second-order valence-corrected chi connectivity index (χ2v) is 3.23. The Labute approximate surface area is 91.9 Å². The molecule has 0 spiro atoms. The second-order valence-electron chi connectivity index (χ2n) is 3.23. The molecule has 0 saturated carbocycles. The number of aromatic nitrogens is 1. The molecule has 0 bridgehead atoms. The molecule has 1 aromatic carbocycles. The van der Waals surface area contributed by atoms with Crippen molar-refractivity contribution in [3.63, 3.8) is 0 Å². The van der Waals surface area contributed by atoms with E-state index in [-0.39, 0.29) is 0 Å². The third-order valence-corrected chi connectivity index (χ3v) is 2.20. The van der Waals surface area contributed by atoms with Gasteiger partial charge in [-0.1, -0.05) is 24.3 Å². The van der Waals surface area contributed by atoms with Gasteiger partial charge < -0.3 is 9.52 Å². The molecule has 2 rings (SSSR count). The number of aliphatic hydroxyl groups is 1. The van der Waals surface area contributed by atoms with Gasteiger partial charge in [0.2, 0.25) is 0 Å². The summed E-state index contributed by atoms with van der Waals surface area (Å²) in [6, 6.07) is 6.77. The monoisotopic (exact) mass is 219 g/mol. The van der Waals surface area contributed by atoms with E-state index in [9.17, 15) is 4.39 Å². The molecule has 82 valence electrons. The van der Waals surface area contributed by atoms with Crippen LogP contribution in [0.5, 0.6) is 0 Å². The van der Waals surface area contributed by atoms with Crippen molar-refractivity contribution < 1.29 is 13.9 Å². The molecule has 0 aliphatic heterocycles. The van der Waals surface area contributed by atoms with E-state index in [1.165, 1.54) is 6.39 Å². The van der Waals surface area contributed by atoms with Crippen LogP contribution in [0.1, 0.15) is 11.7 Å². The summed E-state index contributed by atoms with van der Waals surface area (Å²) in [6.07, 6.45) is 3.41. The summed E-state index contributed by atoms with van der Waals surface area (Å²) in [5, 5.41) is 8.46. The summed E-state index contributed by atoms with van der Waals surface area (Å²) in [5.74, 6) is 0.639. The lowest BCUT2D eigenvalue weighted by Gasteiger charge is -2.03. The Kier molecular flexibility index (Phi) is 3.00. The van der Waals surface area contributed by atoms with Crippen molar-refractivity contribution in [1.82, 2.24) is 4.98 Å². The molecule has 3 nitrogen and oxygen atoms in total. The predicted octanol–water partition coefficient (Wildman–Crippen LogP) is 3.42. The molecule has 1 aromatic heterocycles. The van der Waals surface area contributed by atoms with Gasteiger partial charge in [0.15, 0.2) is 12.2 Å². The molecule has 1 heterocycles. The minimum absolute atomic E-state index is 0.480. The van der Waals surface area contributed by atoms with E-state index >= 15 is 0 Å². The Hall–Kier alpha value is -2.10. The van der Waals surface area contributed by atoms with E-state index in [1.807, 2.05) is 0 Å². The topological polar surface area (TPSA) is 46.3 Å². The molecule has 0 saturated heterocycles. The van der Waals surface area contributed by atoms with Crippen LogP contribution in [0.2, 0.25) is 0 Å². The molecule has 1 N–H and O–H groups in total. The van der Waals surface area contributed by atoms with E-state index in [1.54, 1.807) is 30.5 Å². The van der Waals surface area contributed by atoms with Gasteiger partial charge in [0.1, 0.15) is 6.17 Å². The molecule has 0 aliphatic carbocycles. The zero-order valence-electron chi connectivity index (χ0n) is 8.38. The highest BCUT2D eigenvalue weighted by Gasteiger charge is 2.06. The van der Waals surface area contributed by atoms with Crippen LogP contribution in [0, 0.1) is 0 Å². The summed E-state index contributed by atoms with van der Waals surface area (Å²) in [5.41, 5.74) is 1.31. The molecule has 2 aromatic rings. The van der Waals surface area contributed by atoms with Crippen LogP contribution in [-0.4, -0.2) is 10.1 Å². The fraction of sp³-hybridized carbons (Fsp3) is 0.0833. The van der Waals surface area contributed by atoms with E-state index < -0.39 is 6.17 Å². The van der Waals surface area contributed by atoms with Crippen molar-refractivity contribution in [2.75, 3.05) is 0 Å². The number of allylic oxidation sites excluding steroid dienone is 1. The zero-order valence-corrected chi connectivity index (χ0v) is 8.38. The van der Waals surface area contributed by atoms with Crippen molar-refractivity contribution in [3.05, 3.63) is 54.8 Å². The van der Waals surface area contributed by atoms with Crippen molar-refractivity contribution in [1.29, 1.82) is 0 Å². The van der Waals surface area contributed by atoms with Crippen LogP contribution < -0.4 is 0 Å². The maximum atomic E-state index is 13.3. The van der Waals surface area contributed by atoms with Gasteiger partial charge in [-0.05, 0) is 11.6 Å². The molecule has 16 heavy (non-hydrogen) atoms. The lowest BCUT2D eigenvalue weighted by Crippen LogP contribution is -1.87. The number of halogens is 1. The lowest BCUT2D eigenvalue weighted by atomic mass is 10.1. The SMILES string of the molecule is O/C=C\C(F)c1ccc(-c2cnco2)cc1. The molecular formula is C12H10FNO2. The molecule has 0 radical (unpaired) electrons. The van der Waals surface area contributed by atoms with Gasteiger partial charge >= 0.3 is 0 Å². The van der Waals surface area contributed by atoms with E-state index in [0.29, 0.717) is 17.6 Å². The minimum atomic E-state index is -1.30.